The van der Waals surface area contributed by atoms with Gasteiger partial charge in [0, 0.05) is 36.5 Å². The Balaban J connectivity index is 1.84. The molecule has 0 aliphatic carbocycles. The van der Waals surface area contributed by atoms with E-state index in [1.807, 2.05) is 38.1 Å². The van der Waals surface area contributed by atoms with Crippen LogP contribution in [0.1, 0.15) is 36.0 Å². The average molecular weight is 361 g/mol. The molecule has 0 bridgehead atoms. The van der Waals surface area contributed by atoms with E-state index in [-0.39, 0.29) is 5.92 Å². The van der Waals surface area contributed by atoms with Gasteiger partial charge in [0.15, 0.2) is 0 Å². The predicted molar refractivity (Wildman–Crippen MR) is 97.4 cm³/mol. The van der Waals surface area contributed by atoms with E-state index in [1.54, 1.807) is 0 Å². The highest BCUT2D eigenvalue weighted by Gasteiger charge is 2.28. The lowest BCUT2D eigenvalue weighted by molar-refractivity contribution is 0.311. The summed E-state index contributed by atoms with van der Waals surface area (Å²) in [5.74, 6) is 2.10. The lowest BCUT2D eigenvalue weighted by Crippen LogP contribution is -2.38. The SMILES string of the molecule is Cc1cccc(Nc2cc(C)nc(C3CCCN(S(C)(=O)=O)C3)n2)n1. The molecule has 0 aromatic carbocycles. The van der Waals surface area contributed by atoms with Crippen molar-refractivity contribution in [3.8, 4) is 0 Å². The van der Waals surface area contributed by atoms with Gasteiger partial charge in [-0.15, -0.1) is 0 Å². The molecular formula is C17H23N5O2S. The molecule has 1 saturated heterocycles. The van der Waals surface area contributed by atoms with Gasteiger partial charge in [0.25, 0.3) is 0 Å². The van der Waals surface area contributed by atoms with Crippen molar-refractivity contribution in [1.29, 1.82) is 0 Å². The monoisotopic (exact) mass is 361 g/mol. The van der Waals surface area contributed by atoms with Crippen molar-refractivity contribution in [2.45, 2.75) is 32.6 Å². The second-order valence-corrected chi connectivity index (χ2v) is 8.48. The third-order valence-corrected chi connectivity index (χ3v) is 5.50. The Morgan fingerprint density at radius 2 is 1.92 bits per heavy atom. The van der Waals surface area contributed by atoms with Crippen LogP contribution in [0.5, 0.6) is 0 Å². The molecule has 25 heavy (non-hydrogen) atoms. The molecule has 134 valence electrons. The molecule has 3 heterocycles. The molecular weight excluding hydrogens is 338 g/mol. The molecule has 0 amide bonds. The number of anilines is 2. The summed E-state index contributed by atoms with van der Waals surface area (Å²) in [6.45, 7) is 4.85. The van der Waals surface area contributed by atoms with E-state index in [1.165, 1.54) is 10.6 Å². The molecule has 7 nitrogen and oxygen atoms in total. The minimum atomic E-state index is -3.19. The number of piperidine rings is 1. The Hall–Kier alpha value is -2.06. The Kier molecular flexibility index (Phi) is 5.01. The first-order valence-corrected chi connectivity index (χ1v) is 10.2. The van der Waals surface area contributed by atoms with Crippen LogP contribution in [-0.2, 0) is 10.0 Å². The largest absolute Gasteiger partial charge is 0.325 e. The third kappa shape index (κ3) is 4.52. The summed E-state index contributed by atoms with van der Waals surface area (Å²) in [5, 5.41) is 3.21. The van der Waals surface area contributed by atoms with Gasteiger partial charge in [-0.05, 0) is 38.8 Å². The summed E-state index contributed by atoms with van der Waals surface area (Å²) < 4.78 is 25.2. The van der Waals surface area contributed by atoms with Gasteiger partial charge in [-0.2, -0.15) is 0 Å². The van der Waals surface area contributed by atoms with Crippen molar-refractivity contribution in [3.05, 3.63) is 41.5 Å². The minimum absolute atomic E-state index is 0.00870. The van der Waals surface area contributed by atoms with E-state index in [4.69, 9.17) is 0 Å². The number of aryl methyl sites for hydroxylation is 2. The number of hydrogen-bond donors (Lipinski definition) is 1. The van der Waals surface area contributed by atoms with Crippen LogP contribution in [-0.4, -0.2) is 47.0 Å². The molecule has 1 aliphatic heterocycles. The second kappa shape index (κ2) is 7.05. The highest BCUT2D eigenvalue weighted by molar-refractivity contribution is 7.88. The van der Waals surface area contributed by atoms with Crippen molar-refractivity contribution in [2.24, 2.45) is 0 Å². The molecule has 1 fully saturated rings. The second-order valence-electron chi connectivity index (χ2n) is 6.50. The van der Waals surface area contributed by atoms with Crippen molar-refractivity contribution in [3.63, 3.8) is 0 Å². The number of aromatic nitrogens is 3. The van der Waals surface area contributed by atoms with Crippen molar-refractivity contribution in [2.75, 3.05) is 24.7 Å². The molecule has 3 rings (SSSR count). The maximum absolute atomic E-state index is 11.8. The minimum Gasteiger partial charge on any atom is -0.325 e. The Morgan fingerprint density at radius 1 is 1.12 bits per heavy atom. The lowest BCUT2D eigenvalue weighted by atomic mass is 9.99. The quantitative estimate of drug-likeness (QED) is 0.899. The first-order chi connectivity index (χ1) is 11.8. The maximum atomic E-state index is 11.8. The number of nitrogens with zero attached hydrogens (tertiary/aromatic N) is 4. The molecule has 2 aromatic heterocycles. The number of rotatable bonds is 4. The van der Waals surface area contributed by atoms with E-state index in [9.17, 15) is 8.42 Å². The van der Waals surface area contributed by atoms with Crippen LogP contribution in [0, 0.1) is 13.8 Å². The molecule has 0 saturated carbocycles. The number of pyridine rings is 1. The van der Waals surface area contributed by atoms with Crippen molar-refractivity contribution < 1.29 is 8.42 Å². The van der Waals surface area contributed by atoms with E-state index in [2.05, 4.69) is 20.3 Å². The summed E-state index contributed by atoms with van der Waals surface area (Å²) in [7, 11) is -3.19. The first-order valence-electron chi connectivity index (χ1n) is 8.32. The highest BCUT2D eigenvalue weighted by Crippen LogP contribution is 2.27. The molecule has 0 spiro atoms. The van der Waals surface area contributed by atoms with Crippen LogP contribution in [0.2, 0.25) is 0 Å². The Bertz CT molecular complexity index is 869. The van der Waals surface area contributed by atoms with Crippen LogP contribution in [0.3, 0.4) is 0 Å². The van der Waals surface area contributed by atoms with E-state index >= 15 is 0 Å². The average Bonchev–Trinajstić information content (AvgIpc) is 2.54. The summed E-state index contributed by atoms with van der Waals surface area (Å²) in [6.07, 6.45) is 2.96. The zero-order valence-electron chi connectivity index (χ0n) is 14.7. The normalized spacial score (nSPS) is 18.9. The fourth-order valence-corrected chi connectivity index (χ4v) is 3.95. The van der Waals surface area contributed by atoms with E-state index in [0.29, 0.717) is 24.7 Å². The smallest absolute Gasteiger partial charge is 0.211 e. The molecule has 8 heteroatoms. The maximum Gasteiger partial charge on any atom is 0.211 e. The number of nitrogens with one attached hydrogen (secondary N) is 1. The number of sulfonamides is 1. The molecule has 1 atom stereocenters. The van der Waals surface area contributed by atoms with Gasteiger partial charge in [0.05, 0.1) is 6.26 Å². The summed E-state index contributed by atoms with van der Waals surface area (Å²) in [4.78, 5) is 13.6. The Labute approximate surface area is 148 Å². The molecule has 1 unspecified atom stereocenters. The van der Waals surface area contributed by atoms with Crippen LogP contribution in [0.25, 0.3) is 0 Å². The zero-order chi connectivity index (χ0) is 18.0. The van der Waals surface area contributed by atoms with E-state index < -0.39 is 10.0 Å². The van der Waals surface area contributed by atoms with Gasteiger partial charge in [-0.3, -0.25) is 0 Å². The van der Waals surface area contributed by atoms with Crippen LogP contribution in [0.4, 0.5) is 11.6 Å². The predicted octanol–water partition coefficient (Wildman–Crippen LogP) is 2.37. The summed E-state index contributed by atoms with van der Waals surface area (Å²) in [6, 6.07) is 7.62. The third-order valence-electron chi connectivity index (χ3n) is 4.23. The fourth-order valence-electron chi connectivity index (χ4n) is 3.04. The van der Waals surface area contributed by atoms with Gasteiger partial charge in [-0.1, -0.05) is 6.07 Å². The Morgan fingerprint density at radius 3 is 2.64 bits per heavy atom. The number of hydrogen-bond acceptors (Lipinski definition) is 6. The van der Waals surface area contributed by atoms with Crippen LogP contribution < -0.4 is 5.32 Å². The summed E-state index contributed by atoms with van der Waals surface area (Å²) >= 11 is 0. The van der Waals surface area contributed by atoms with Crippen LogP contribution >= 0.6 is 0 Å². The zero-order valence-corrected chi connectivity index (χ0v) is 15.5. The molecule has 2 aromatic rings. The molecule has 0 radical (unpaired) electrons. The first kappa shape index (κ1) is 17.8. The molecule has 1 aliphatic rings. The summed E-state index contributed by atoms with van der Waals surface area (Å²) in [5.41, 5.74) is 1.77. The van der Waals surface area contributed by atoms with Gasteiger partial charge in [-0.25, -0.2) is 27.7 Å². The van der Waals surface area contributed by atoms with Crippen molar-refractivity contribution >= 4 is 21.7 Å². The van der Waals surface area contributed by atoms with Crippen LogP contribution in [0.15, 0.2) is 24.3 Å². The van der Waals surface area contributed by atoms with Gasteiger partial charge < -0.3 is 5.32 Å². The highest BCUT2D eigenvalue weighted by atomic mass is 32.2. The van der Waals surface area contributed by atoms with Gasteiger partial charge in [0.1, 0.15) is 17.5 Å². The fraction of sp³-hybridized carbons (Fsp3) is 0.471. The lowest BCUT2D eigenvalue weighted by Gasteiger charge is -2.30. The van der Waals surface area contributed by atoms with Crippen molar-refractivity contribution in [1.82, 2.24) is 19.3 Å². The van der Waals surface area contributed by atoms with E-state index in [0.717, 1.165) is 30.0 Å². The standard InChI is InChI=1S/C17H23N5O2S/c1-12-6-4-8-15(18-12)20-16-10-13(2)19-17(21-16)14-7-5-9-22(11-14)25(3,23)24/h4,6,8,10,14H,5,7,9,11H2,1-3H3,(H,18,19,20,21). The topological polar surface area (TPSA) is 88.1 Å². The molecule has 1 N–H and O–H groups in total. The van der Waals surface area contributed by atoms with Gasteiger partial charge >= 0.3 is 0 Å². The van der Waals surface area contributed by atoms with Gasteiger partial charge in [0.2, 0.25) is 10.0 Å².